The summed E-state index contributed by atoms with van der Waals surface area (Å²) < 4.78 is 21.7. The van der Waals surface area contributed by atoms with Gasteiger partial charge in [-0.05, 0) is 18.2 Å². The molecule has 0 spiro atoms. The van der Waals surface area contributed by atoms with Crippen LogP contribution in [-0.2, 0) is 14.8 Å². The average Bonchev–Trinajstić information content (AvgIpc) is 2.04. The molecule has 13 heavy (non-hydrogen) atoms. The highest BCUT2D eigenvalue weighted by molar-refractivity contribution is 7.89. The number of benzene rings is 1. The number of sulfonamides is 1. The molecule has 70 valence electrons. The van der Waals surface area contributed by atoms with E-state index in [9.17, 15) is 13.2 Å². The van der Waals surface area contributed by atoms with Crippen molar-refractivity contribution in [3.63, 3.8) is 0 Å². The molecule has 6 heteroatoms. The van der Waals surface area contributed by atoms with Crippen LogP contribution in [-0.4, -0.2) is 14.8 Å². The van der Waals surface area contributed by atoms with E-state index in [2.05, 4.69) is 5.32 Å². The highest BCUT2D eigenvalue weighted by atomic mass is 32.2. The Kier molecular flexibility index (Phi) is 2.64. The molecule has 0 bridgehead atoms. The fourth-order valence-corrected chi connectivity index (χ4v) is 1.39. The zero-order valence-electron chi connectivity index (χ0n) is 6.60. The summed E-state index contributed by atoms with van der Waals surface area (Å²) in [6, 6.07) is 5.68. The normalized spacial score (nSPS) is 10.8. The summed E-state index contributed by atoms with van der Waals surface area (Å²) in [5, 5.41) is 7.20. The third-order valence-corrected chi connectivity index (χ3v) is 2.30. The first kappa shape index (κ1) is 9.69. The van der Waals surface area contributed by atoms with Crippen LogP contribution in [0.2, 0.25) is 0 Å². The molecule has 0 aliphatic rings. The number of carbonyl (C=O) groups is 1. The molecule has 0 radical (unpaired) electrons. The van der Waals surface area contributed by atoms with Crippen LogP contribution >= 0.6 is 0 Å². The van der Waals surface area contributed by atoms with E-state index in [1.165, 1.54) is 18.2 Å². The first-order chi connectivity index (χ1) is 6.04. The summed E-state index contributed by atoms with van der Waals surface area (Å²) in [7, 11) is -3.70. The molecule has 1 rings (SSSR count). The van der Waals surface area contributed by atoms with Gasteiger partial charge in [0.2, 0.25) is 16.4 Å². The minimum absolute atomic E-state index is 0.0284. The van der Waals surface area contributed by atoms with E-state index >= 15 is 0 Å². The highest BCUT2D eigenvalue weighted by Gasteiger charge is 2.06. The van der Waals surface area contributed by atoms with Crippen LogP contribution in [0.5, 0.6) is 0 Å². The van der Waals surface area contributed by atoms with Gasteiger partial charge >= 0.3 is 0 Å². The number of amides is 1. The summed E-state index contributed by atoms with van der Waals surface area (Å²) in [6.07, 6.45) is 0.461. The summed E-state index contributed by atoms with van der Waals surface area (Å²) in [4.78, 5) is 10.0. The van der Waals surface area contributed by atoms with Crippen molar-refractivity contribution in [1.82, 2.24) is 0 Å². The average molecular weight is 200 g/mol. The maximum absolute atomic E-state index is 10.9. The second kappa shape index (κ2) is 3.55. The second-order valence-electron chi connectivity index (χ2n) is 2.34. The molecule has 1 aromatic carbocycles. The maximum Gasteiger partial charge on any atom is 0.238 e. The molecular formula is C7H8N2O3S. The van der Waals surface area contributed by atoms with Gasteiger partial charge in [0.15, 0.2) is 0 Å². The van der Waals surface area contributed by atoms with Crippen LogP contribution in [0, 0.1) is 0 Å². The number of hydrogen-bond acceptors (Lipinski definition) is 3. The minimum atomic E-state index is -3.70. The Hall–Kier alpha value is -1.40. The third kappa shape index (κ3) is 2.53. The van der Waals surface area contributed by atoms with Gasteiger partial charge in [-0.25, -0.2) is 13.6 Å². The number of carbonyl (C=O) groups excluding carboxylic acids is 1. The summed E-state index contributed by atoms with van der Waals surface area (Å²) in [6.45, 7) is 0. The Morgan fingerprint density at radius 3 is 2.62 bits per heavy atom. The van der Waals surface area contributed by atoms with Gasteiger partial charge in [-0.1, -0.05) is 6.07 Å². The zero-order valence-corrected chi connectivity index (χ0v) is 7.41. The molecule has 0 saturated carbocycles. The van der Waals surface area contributed by atoms with Crippen molar-refractivity contribution in [3.05, 3.63) is 24.3 Å². The van der Waals surface area contributed by atoms with Crippen molar-refractivity contribution in [2.75, 3.05) is 5.32 Å². The van der Waals surface area contributed by atoms with Crippen LogP contribution < -0.4 is 10.5 Å². The summed E-state index contributed by atoms with van der Waals surface area (Å²) in [5.41, 5.74) is 0.390. The zero-order chi connectivity index (χ0) is 9.90. The van der Waals surface area contributed by atoms with E-state index in [1.807, 2.05) is 0 Å². The largest absolute Gasteiger partial charge is 0.329 e. The number of anilines is 1. The third-order valence-electron chi connectivity index (χ3n) is 1.39. The first-order valence-electron chi connectivity index (χ1n) is 3.37. The quantitative estimate of drug-likeness (QED) is 0.668. The van der Waals surface area contributed by atoms with Crippen molar-refractivity contribution in [1.29, 1.82) is 0 Å². The number of nitrogens with one attached hydrogen (secondary N) is 1. The van der Waals surface area contributed by atoms with Crippen LogP contribution in [0.4, 0.5) is 5.69 Å². The number of primary sulfonamides is 1. The van der Waals surface area contributed by atoms with E-state index in [-0.39, 0.29) is 4.90 Å². The first-order valence-corrected chi connectivity index (χ1v) is 4.92. The van der Waals surface area contributed by atoms with E-state index < -0.39 is 10.0 Å². The van der Waals surface area contributed by atoms with Crippen molar-refractivity contribution >= 4 is 22.1 Å². The molecule has 3 N–H and O–H groups in total. The molecule has 0 aromatic heterocycles. The fourth-order valence-electron chi connectivity index (χ4n) is 0.831. The molecule has 0 aliphatic carbocycles. The molecule has 1 amide bonds. The molecule has 1 aromatic rings. The Morgan fingerprint density at radius 2 is 2.08 bits per heavy atom. The van der Waals surface area contributed by atoms with Gasteiger partial charge in [-0.15, -0.1) is 0 Å². The van der Waals surface area contributed by atoms with E-state index in [0.717, 1.165) is 0 Å². The van der Waals surface area contributed by atoms with Crippen molar-refractivity contribution < 1.29 is 13.2 Å². The van der Waals surface area contributed by atoms with Crippen LogP contribution in [0.1, 0.15) is 0 Å². The van der Waals surface area contributed by atoms with E-state index in [1.54, 1.807) is 6.07 Å². The Balaban J connectivity index is 3.13. The summed E-state index contributed by atoms with van der Waals surface area (Å²) >= 11 is 0. The van der Waals surface area contributed by atoms with Crippen molar-refractivity contribution in [2.45, 2.75) is 4.90 Å². The lowest BCUT2D eigenvalue weighted by Crippen LogP contribution is -2.12. The smallest absolute Gasteiger partial charge is 0.238 e. The molecule has 5 nitrogen and oxygen atoms in total. The molecule has 0 saturated heterocycles. The lowest BCUT2D eigenvalue weighted by molar-refractivity contribution is -0.105. The molecular weight excluding hydrogens is 192 g/mol. The fraction of sp³-hybridized carbons (Fsp3) is 0. The maximum atomic E-state index is 10.9. The Labute approximate surface area is 75.6 Å². The molecule has 0 atom stereocenters. The van der Waals surface area contributed by atoms with Gasteiger partial charge in [0.25, 0.3) is 0 Å². The Morgan fingerprint density at radius 1 is 1.38 bits per heavy atom. The standard InChI is InChI=1S/C7H8N2O3S/c8-13(11,12)7-3-1-2-6(4-7)9-5-10/h1-5H,(H,9,10)(H2,8,11,12). The SMILES string of the molecule is NS(=O)(=O)c1cccc(NC=O)c1. The lowest BCUT2D eigenvalue weighted by atomic mass is 10.3. The minimum Gasteiger partial charge on any atom is -0.329 e. The molecule has 0 fully saturated rings. The highest BCUT2D eigenvalue weighted by Crippen LogP contribution is 2.12. The van der Waals surface area contributed by atoms with Gasteiger partial charge in [0, 0.05) is 5.69 Å². The molecule has 0 heterocycles. The predicted molar refractivity (Wildman–Crippen MR) is 47.5 cm³/mol. The van der Waals surface area contributed by atoms with E-state index in [4.69, 9.17) is 5.14 Å². The topological polar surface area (TPSA) is 89.3 Å². The summed E-state index contributed by atoms with van der Waals surface area (Å²) in [5.74, 6) is 0. The number of rotatable bonds is 3. The number of nitrogens with two attached hydrogens (primary N) is 1. The van der Waals surface area contributed by atoms with Gasteiger partial charge in [-0.3, -0.25) is 4.79 Å². The Bertz CT molecular complexity index is 414. The van der Waals surface area contributed by atoms with Crippen LogP contribution in [0.3, 0.4) is 0 Å². The van der Waals surface area contributed by atoms with Gasteiger partial charge in [-0.2, -0.15) is 0 Å². The van der Waals surface area contributed by atoms with Gasteiger partial charge in [0.1, 0.15) is 0 Å². The van der Waals surface area contributed by atoms with Gasteiger partial charge < -0.3 is 5.32 Å². The lowest BCUT2D eigenvalue weighted by Gasteiger charge is -2.00. The van der Waals surface area contributed by atoms with Crippen LogP contribution in [0.25, 0.3) is 0 Å². The second-order valence-corrected chi connectivity index (χ2v) is 3.90. The molecule has 0 aliphatic heterocycles. The van der Waals surface area contributed by atoms with Crippen molar-refractivity contribution in [2.24, 2.45) is 5.14 Å². The van der Waals surface area contributed by atoms with Crippen LogP contribution in [0.15, 0.2) is 29.2 Å². The van der Waals surface area contributed by atoms with E-state index in [0.29, 0.717) is 12.1 Å². The predicted octanol–water partition coefficient (Wildman–Crippen LogP) is -0.0977. The molecule has 0 unspecified atom stereocenters. The number of hydrogen-bond donors (Lipinski definition) is 2. The van der Waals surface area contributed by atoms with Gasteiger partial charge in [0.05, 0.1) is 4.90 Å². The van der Waals surface area contributed by atoms with Crippen molar-refractivity contribution in [3.8, 4) is 0 Å². The monoisotopic (exact) mass is 200 g/mol.